The standard InChI is InChI=1S/C16H17N3O2/c1-10(11-3-6-13(20-2)7-4-11)18-16-19-14-8-5-12(17)9-15(14)21-16/h3-10H,17H2,1-2H3,(H,18,19). The van der Waals surface area contributed by atoms with Crippen molar-refractivity contribution in [2.75, 3.05) is 18.2 Å². The second kappa shape index (κ2) is 5.36. The number of rotatable bonds is 4. The summed E-state index contributed by atoms with van der Waals surface area (Å²) in [5.74, 6) is 0.836. The molecule has 1 heterocycles. The van der Waals surface area contributed by atoms with Gasteiger partial charge in [-0.3, -0.25) is 0 Å². The maximum Gasteiger partial charge on any atom is 0.296 e. The van der Waals surface area contributed by atoms with Gasteiger partial charge in [0.1, 0.15) is 11.3 Å². The van der Waals surface area contributed by atoms with Crippen LogP contribution in [0.3, 0.4) is 0 Å². The number of nitrogens with two attached hydrogens (primary N) is 1. The number of nitrogens with one attached hydrogen (secondary N) is 1. The van der Waals surface area contributed by atoms with Crippen LogP contribution in [0.25, 0.3) is 11.1 Å². The maximum absolute atomic E-state index is 5.73. The number of benzene rings is 2. The topological polar surface area (TPSA) is 73.3 Å². The van der Waals surface area contributed by atoms with E-state index in [2.05, 4.69) is 10.3 Å². The van der Waals surface area contributed by atoms with Crippen molar-refractivity contribution in [3.63, 3.8) is 0 Å². The number of anilines is 2. The lowest BCUT2D eigenvalue weighted by Crippen LogP contribution is -2.06. The number of nitrogens with zero attached hydrogens (tertiary/aromatic N) is 1. The van der Waals surface area contributed by atoms with Crippen molar-refractivity contribution in [3.05, 3.63) is 48.0 Å². The molecule has 0 aliphatic rings. The smallest absolute Gasteiger partial charge is 0.296 e. The number of aromatic nitrogens is 1. The van der Waals surface area contributed by atoms with Crippen LogP contribution in [-0.2, 0) is 0 Å². The van der Waals surface area contributed by atoms with Gasteiger partial charge in [-0.25, -0.2) is 0 Å². The highest BCUT2D eigenvalue weighted by molar-refractivity contribution is 5.78. The summed E-state index contributed by atoms with van der Waals surface area (Å²) in [5.41, 5.74) is 8.98. The Bertz CT molecular complexity index is 750. The van der Waals surface area contributed by atoms with Crippen molar-refractivity contribution < 1.29 is 9.15 Å². The van der Waals surface area contributed by atoms with Crippen molar-refractivity contribution in [3.8, 4) is 5.75 Å². The van der Waals surface area contributed by atoms with Crippen LogP contribution in [0, 0.1) is 0 Å². The quantitative estimate of drug-likeness (QED) is 0.716. The zero-order valence-corrected chi connectivity index (χ0v) is 12.0. The lowest BCUT2D eigenvalue weighted by molar-refractivity contribution is 0.414. The molecule has 0 aliphatic carbocycles. The number of ether oxygens (including phenoxy) is 1. The molecule has 1 aromatic heterocycles. The van der Waals surface area contributed by atoms with Gasteiger partial charge in [0.25, 0.3) is 6.01 Å². The van der Waals surface area contributed by atoms with Gasteiger partial charge in [-0.05, 0) is 36.8 Å². The Kier molecular flexibility index (Phi) is 3.39. The molecule has 1 unspecified atom stereocenters. The number of nitrogen functional groups attached to an aromatic ring is 1. The normalized spacial score (nSPS) is 12.3. The Hall–Kier alpha value is -2.69. The highest BCUT2D eigenvalue weighted by Crippen LogP contribution is 2.25. The molecule has 2 aromatic carbocycles. The van der Waals surface area contributed by atoms with E-state index in [1.54, 1.807) is 13.2 Å². The molecule has 5 nitrogen and oxygen atoms in total. The molecule has 0 spiro atoms. The minimum absolute atomic E-state index is 0.0707. The molecular weight excluding hydrogens is 266 g/mol. The lowest BCUT2D eigenvalue weighted by Gasteiger charge is -2.12. The van der Waals surface area contributed by atoms with E-state index >= 15 is 0 Å². The number of fused-ring (bicyclic) bond motifs is 1. The molecule has 0 bridgehead atoms. The van der Waals surface area contributed by atoms with E-state index < -0.39 is 0 Å². The second-order valence-corrected chi connectivity index (χ2v) is 4.89. The molecule has 108 valence electrons. The molecule has 5 heteroatoms. The lowest BCUT2D eigenvalue weighted by atomic mass is 10.1. The molecule has 0 aliphatic heterocycles. The summed E-state index contributed by atoms with van der Waals surface area (Å²) < 4.78 is 10.8. The molecule has 1 atom stereocenters. The van der Waals surface area contributed by atoms with Crippen molar-refractivity contribution in [2.45, 2.75) is 13.0 Å². The van der Waals surface area contributed by atoms with Crippen molar-refractivity contribution in [1.29, 1.82) is 0 Å². The van der Waals surface area contributed by atoms with Crippen LogP contribution in [0.2, 0.25) is 0 Å². The third-order valence-corrected chi connectivity index (χ3v) is 3.37. The Balaban J connectivity index is 1.79. The fourth-order valence-electron chi connectivity index (χ4n) is 2.16. The molecular formula is C16H17N3O2. The minimum Gasteiger partial charge on any atom is -0.497 e. The molecule has 3 rings (SSSR count). The number of hydrogen-bond donors (Lipinski definition) is 2. The van der Waals surface area contributed by atoms with Crippen molar-refractivity contribution >= 4 is 22.8 Å². The van der Waals surface area contributed by atoms with Gasteiger partial charge in [-0.15, -0.1) is 0 Å². The summed E-state index contributed by atoms with van der Waals surface area (Å²) in [6.45, 7) is 2.05. The van der Waals surface area contributed by atoms with E-state index in [0.29, 0.717) is 17.3 Å². The van der Waals surface area contributed by atoms with Crippen molar-refractivity contribution in [2.24, 2.45) is 0 Å². The summed E-state index contributed by atoms with van der Waals surface area (Å²) in [6.07, 6.45) is 0. The largest absolute Gasteiger partial charge is 0.497 e. The summed E-state index contributed by atoms with van der Waals surface area (Å²) in [4.78, 5) is 4.40. The van der Waals surface area contributed by atoms with E-state index in [-0.39, 0.29) is 6.04 Å². The predicted octanol–water partition coefficient (Wildman–Crippen LogP) is 3.59. The third-order valence-electron chi connectivity index (χ3n) is 3.37. The van der Waals surface area contributed by atoms with E-state index in [1.165, 1.54) is 0 Å². The number of methoxy groups -OCH3 is 1. The highest BCUT2D eigenvalue weighted by atomic mass is 16.5. The van der Waals surface area contributed by atoms with Gasteiger partial charge < -0.3 is 20.2 Å². The Morgan fingerprint density at radius 2 is 1.95 bits per heavy atom. The molecule has 0 fully saturated rings. The van der Waals surface area contributed by atoms with Crippen LogP contribution in [0.5, 0.6) is 5.75 Å². The molecule has 0 radical (unpaired) electrons. The molecule has 3 N–H and O–H groups in total. The van der Waals surface area contributed by atoms with Gasteiger partial charge in [-0.2, -0.15) is 4.98 Å². The molecule has 0 saturated heterocycles. The summed E-state index contributed by atoms with van der Waals surface area (Å²) >= 11 is 0. The average Bonchev–Trinajstić information content (AvgIpc) is 2.88. The van der Waals surface area contributed by atoms with Gasteiger partial charge in [0, 0.05) is 11.8 Å². The van der Waals surface area contributed by atoms with E-state index in [9.17, 15) is 0 Å². The monoisotopic (exact) mass is 283 g/mol. The average molecular weight is 283 g/mol. The summed E-state index contributed by atoms with van der Waals surface area (Å²) in [5, 5.41) is 3.25. The fourth-order valence-corrected chi connectivity index (χ4v) is 2.16. The Morgan fingerprint density at radius 1 is 1.19 bits per heavy atom. The van der Waals surface area contributed by atoms with Gasteiger partial charge in [0.15, 0.2) is 5.58 Å². The fraction of sp³-hybridized carbons (Fsp3) is 0.188. The van der Waals surface area contributed by atoms with Crippen LogP contribution in [0.15, 0.2) is 46.9 Å². The summed E-state index contributed by atoms with van der Waals surface area (Å²) in [7, 11) is 1.65. The van der Waals surface area contributed by atoms with Crippen LogP contribution >= 0.6 is 0 Å². The zero-order valence-electron chi connectivity index (χ0n) is 12.0. The first-order valence-corrected chi connectivity index (χ1v) is 6.72. The van der Waals surface area contributed by atoms with Gasteiger partial charge in [0.05, 0.1) is 13.2 Å². The summed E-state index contributed by atoms with van der Waals surface area (Å²) in [6, 6.07) is 13.9. The first-order valence-electron chi connectivity index (χ1n) is 6.72. The van der Waals surface area contributed by atoms with E-state index in [4.69, 9.17) is 14.9 Å². The SMILES string of the molecule is COc1ccc(C(C)Nc2nc3ccc(N)cc3o2)cc1. The molecule has 0 amide bonds. The van der Waals surface area contributed by atoms with Gasteiger partial charge in [0.2, 0.25) is 0 Å². The maximum atomic E-state index is 5.73. The molecule has 21 heavy (non-hydrogen) atoms. The highest BCUT2D eigenvalue weighted by Gasteiger charge is 2.10. The predicted molar refractivity (Wildman–Crippen MR) is 83.5 cm³/mol. The molecule has 3 aromatic rings. The van der Waals surface area contributed by atoms with E-state index in [1.807, 2.05) is 43.3 Å². The molecule has 0 saturated carbocycles. The third kappa shape index (κ3) is 2.76. The van der Waals surface area contributed by atoms with Crippen LogP contribution in [0.4, 0.5) is 11.7 Å². The van der Waals surface area contributed by atoms with E-state index in [0.717, 1.165) is 16.8 Å². The first kappa shape index (κ1) is 13.3. The Morgan fingerprint density at radius 3 is 2.67 bits per heavy atom. The van der Waals surface area contributed by atoms with Crippen LogP contribution in [0.1, 0.15) is 18.5 Å². The second-order valence-electron chi connectivity index (χ2n) is 4.89. The number of hydrogen-bond acceptors (Lipinski definition) is 5. The zero-order chi connectivity index (χ0) is 14.8. The number of oxazole rings is 1. The van der Waals surface area contributed by atoms with Crippen molar-refractivity contribution in [1.82, 2.24) is 4.98 Å². The van der Waals surface area contributed by atoms with Crippen LogP contribution in [-0.4, -0.2) is 12.1 Å². The minimum atomic E-state index is 0.0707. The Labute approximate surface area is 122 Å². The first-order chi connectivity index (χ1) is 10.2. The van der Waals surface area contributed by atoms with Gasteiger partial charge >= 0.3 is 0 Å². The van der Waals surface area contributed by atoms with Gasteiger partial charge in [-0.1, -0.05) is 12.1 Å². The van der Waals surface area contributed by atoms with Crippen LogP contribution < -0.4 is 15.8 Å².